The molecule has 10 heteroatoms. The lowest BCUT2D eigenvalue weighted by atomic mass is 9.95. The topological polar surface area (TPSA) is 97.6 Å². The van der Waals surface area contributed by atoms with Crippen LogP contribution in [-0.4, -0.2) is 43.6 Å². The third kappa shape index (κ3) is 6.37. The molecular formula is C32H34N2O7S. The molecule has 42 heavy (non-hydrogen) atoms. The van der Waals surface area contributed by atoms with E-state index in [4.69, 9.17) is 30.1 Å². The molecule has 1 aromatic heterocycles. The van der Waals surface area contributed by atoms with Crippen molar-refractivity contribution in [2.45, 2.75) is 46.8 Å². The summed E-state index contributed by atoms with van der Waals surface area (Å²) in [7, 11) is 1.55. The summed E-state index contributed by atoms with van der Waals surface area (Å²) in [5.41, 5.74) is 1.84. The van der Waals surface area contributed by atoms with Crippen LogP contribution < -0.4 is 33.8 Å². The Hall–Kier alpha value is -4.49. The molecule has 1 aliphatic rings. The van der Waals surface area contributed by atoms with Crippen molar-refractivity contribution >= 4 is 23.4 Å². The van der Waals surface area contributed by atoms with E-state index in [1.54, 1.807) is 51.3 Å². The first kappa shape index (κ1) is 30.5. The Kier molecular flexibility index (Phi) is 9.76. The standard InChI is InChI=1S/C32H34N2O7S/c1-8-15-40-23-13-11-21(16-26(23)38-9-2)17-27-30(35)34-29(22-12-14-24(41-19(4)5)25(18-22)37-7)28(31(36)39-10-3)20(6)33-32(34)42-27/h1,11-14,16-19,29H,9-10,15H2,2-7H3/b27-17-/t29-/m0/s1. The van der Waals surface area contributed by atoms with Crippen molar-refractivity contribution in [3.05, 3.63) is 78.5 Å². The Labute approximate surface area is 248 Å². The Morgan fingerprint density at radius 1 is 1.10 bits per heavy atom. The number of allylic oxidation sites excluding steroid dienone is 1. The molecule has 220 valence electrons. The van der Waals surface area contributed by atoms with Gasteiger partial charge < -0.3 is 23.7 Å². The van der Waals surface area contributed by atoms with Crippen LogP contribution in [0.1, 0.15) is 51.8 Å². The van der Waals surface area contributed by atoms with Crippen molar-refractivity contribution in [3.63, 3.8) is 0 Å². The van der Waals surface area contributed by atoms with Crippen molar-refractivity contribution in [1.29, 1.82) is 0 Å². The second kappa shape index (κ2) is 13.4. The number of rotatable bonds is 11. The van der Waals surface area contributed by atoms with Crippen molar-refractivity contribution in [2.24, 2.45) is 4.99 Å². The molecule has 0 saturated heterocycles. The maximum atomic E-state index is 14.0. The van der Waals surface area contributed by atoms with Gasteiger partial charge in [-0.25, -0.2) is 9.79 Å². The summed E-state index contributed by atoms with van der Waals surface area (Å²) in [4.78, 5) is 32.3. The van der Waals surface area contributed by atoms with E-state index >= 15 is 0 Å². The van der Waals surface area contributed by atoms with E-state index in [9.17, 15) is 9.59 Å². The summed E-state index contributed by atoms with van der Waals surface area (Å²) in [5, 5.41) is 0. The number of hydrogen-bond donors (Lipinski definition) is 0. The summed E-state index contributed by atoms with van der Waals surface area (Å²) in [5.74, 6) is 3.98. The number of aromatic nitrogens is 1. The zero-order chi connectivity index (χ0) is 30.4. The van der Waals surface area contributed by atoms with Crippen LogP contribution in [0.25, 0.3) is 6.08 Å². The lowest BCUT2D eigenvalue weighted by Gasteiger charge is -2.25. The summed E-state index contributed by atoms with van der Waals surface area (Å²) >= 11 is 1.23. The van der Waals surface area contributed by atoms with Gasteiger partial charge in [0.1, 0.15) is 6.61 Å². The highest BCUT2D eigenvalue weighted by Crippen LogP contribution is 2.36. The monoisotopic (exact) mass is 590 g/mol. The fourth-order valence-electron chi connectivity index (χ4n) is 4.59. The summed E-state index contributed by atoms with van der Waals surface area (Å²) < 4.78 is 30.2. The molecule has 0 radical (unpaired) electrons. The molecule has 9 nitrogen and oxygen atoms in total. The number of carbonyl (C=O) groups excluding carboxylic acids is 1. The van der Waals surface area contributed by atoms with Crippen LogP contribution in [0.15, 0.2) is 57.5 Å². The van der Waals surface area contributed by atoms with E-state index in [-0.39, 0.29) is 30.5 Å². The predicted molar refractivity (Wildman–Crippen MR) is 161 cm³/mol. The van der Waals surface area contributed by atoms with Gasteiger partial charge in [0.05, 0.1) is 48.3 Å². The van der Waals surface area contributed by atoms with Crippen LogP contribution in [0.5, 0.6) is 23.0 Å². The maximum absolute atomic E-state index is 14.0. The zero-order valence-corrected chi connectivity index (χ0v) is 25.4. The summed E-state index contributed by atoms with van der Waals surface area (Å²) in [6.07, 6.45) is 7.03. The van der Waals surface area contributed by atoms with Crippen LogP contribution in [0.3, 0.4) is 0 Å². The SMILES string of the molecule is C#CCOc1ccc(/C=c2\sc3n(c2=O)[C@@H](c2ccc(OC(C)C)c(OC)c2)C(C(=O)OCC)=C(C)N=3)cc1OCC. The number of fused-ring (bicyclic) bond motifs is 1. The number of carbonyl (C=O) groups is 1. The fraction of sp³-hybridized carbons (Fsp3) is 0.344. The lowest BCUT2D eigenvalue weighted by molar-refractivity contribution is -0.139. The van der Waals surface area contributed by atoms with Crippen molar-refractivity contribution in [3.8, 4) is 35.3 Å². The van der Waals surface area contributed by atoms with Crippen LogP contribution in [0.2, 0.25) is 0 Å². The van der Waals surface area contributed by atoms with E-state index < -0.39 is 12.0 Å². The smallest absolute Gasteiger partial charge is 0.338 e. The van der Waals surface area contributed by atoms with Crippen molar-refractivity contribution < 1.29 is 28.5 Å². The van der Waals surface area contributed by atoms with E-state index in [0.717, 1.165) is 5.56 Å². The average molecular weight is 591 g/mol. The molecule has 2 heterocycles. The quantitative estimate of drug-likeness (QED) is 0.246. The highest BCUT2D eigenvalue weighted by atomic mass is 32.1. The minimum atomic E-state index is -0.789. The number of hydrogen-bond acceptors (Lipinski definition) is 9. The minimum absolute atomic E-state index is 0.0687. The second-order valence-corrected chi connectivity index (χ2v) is 10.5. The Morgan fingerprint density at radius 3 is 2.52 bits per heavy atom. The van der Waals surface area contributed by atoms with Gasteiger partial charge in [-0.3, -0.25) is 9.36 Å². The van der Waals surface area contributed by atoms with E-state index in [0.29, 0.717) is 50.2 Å². The first-order valence-electron chi connectivity index (χ1n) is 13.6. The Balaban J connectivity index is 1.89. The number of esters is 1. The highest BCUT2D eigenvalue weighted by Gasteiger charge is 2.34. The molecule has 0 bridgehead atoms. The van der Waals surface area contributed by atoms with E-state index in [2.05, 4.69) is 10.9 Å². The minimum Gasteiger partial charge on any atom is -0.493 e. The van der Waals surface area contributed by atoms with Crippen LogP contribution in [-0.2, 0) is 9.53 Å². The third-order valence-corrected chi connectivity index (χ3v) is 7.24. The lowest BCUT2D eigenvalue weighted by Crippen LogP contribution is -2.40. The van der Waals surface area contributed by atoms with Gasteiger partial charge in [0.15, 0.2) is 27.8 Å². The number of terminal acetylenes is 1. The van der Waals surface area contributed by atoms with Gasteiger partial charge in [0.2, 0.25) is 0 Å². The van der Waals surface area contributed by atoms with Gasteiger partial charge in [-0.2, -0.15) is 0 Å². The summed E-state index contributed by atoms with van der Waals surface area (Å²) in [6.45, 7) is 9.91. The van der Waals surface area contributed by atoms with Crippen LogP contribution in [0, 0.1) is 12.3 Å². The number of ether oxygens (including phenoxy) is 5. The molecule has 0 fully saturated rings. The molecule has 1 atom stereocenters. The molecular weight excluding hydrogens is 556 g/mol. The van der Waals surface area contributed by atoms with E-state index in [1.165, 1.54) is 15.9 Å². The molecule has 0 unspecified atom stereocenters. The van der Waals surface area contributed by atoms with Crippen molar-refractivity contribution in [1.82, 2.24) is 4.57 Å². The maximum Gasteiger partial charge on any atom is 0.338 e. The molecule has 0 saturated carbocycles. The molecule has 4 rings (SSSR count). The molecule has 0 spiro atoms. The van der Waals surface area contributed by atoms with Gasteiger partial charge in [-0.05, 0) is 76.1 Å². The molecule has 3 aromatic rings. The molecule has 0 aliphatic carbocycles. The predicted octanol–water partition coefficient (Wildman–Crippen LogP) is 4.00. The second-order valence-electron chi connectivity index (χ2n) is 9.51. The van der Waals surface area contributed by atoms with Gasteiger partial charge in [0.25, 0.3) is 5.56 Å². The number of thiazole rings is 1. The molecule has 0 amide bonds. The number of benzene rings is 2. The number of methoxy groups -OCH3 is 1. The van der Waals surface area contributed by atoms with Gasteiger partial charge >= 0.3 is 5.97 Å². The van der Waals surface area contributed by atoms with E-state index in [1.807, 2.05) is 32.9 Å². The van der Waals surface area contributed by atoms with Gasteiger partial charge in [-0.1, -0.05) is 29.4 Å². The zero-order valence-electron chi connectivity index (χ0n) is 24.6. The first-order chi connectivity index (χ1) is 20.2. The van der Waals surface area contributed by atoms with Crippen LogP contribution in [0.4, 0.5) is 0 Å². The summed E-state index contributed by atoms with van der Waals surface area (Å²) in [6, 6.07) is 9.95. The normalized spacial score (nSPS) is 14.6. The number of nitrogens with zero attached hydrogens (tertiary/aromatic N) is 2. The molecule has 2 aromatic carbocycles. The van der Waals surface area contributed by atoms with Gasteiger partial charge in [-0.15, -0.1) is 6.42 Å². The largest absolute Gasteiger partial charge is 0.493 e. The highest BCUT2D eigenvalue weighted by molar-refractivity contribution is 7.07. The molecule has 1 aliphatic heterocycles. The third-order valence-electron chi connectivity index (χ3n) is 6.26. The average Bonchev–Trinajstić information content (AvgIpc) is 3.26. The van der Waals surface area contributed by atoms with Crippen LogP contribution >= 0.6 is 11.3 Å². The Morgan fingerprint density at radius 2 is 1.86 bits per heavy atom. The Bertz CT molecular complexity index is 1730. The van der Waals surface area contributed by atoms with Gasteiger partial charge in [0, 0.05) is 0 Å². The first-order valence-corrected chi connectivity index (χ1v) is 14.4. The van der Waals surface area contributed by atoms with Crippen molar-refractivity contribution in [2.75, 3.05) is 26.9 Å². The fourth-order valence-corrected chi connectivity index (χ4v) is 5.63. The molecule has 0 N–H and O–H groups in total.